The van der Waals surface area contributed by atoms with E-state index in [1.165, 1.54) is 13.2 Å². The monoisotopic (exact) mass is 326 g/mol. The zero-order valence-electron chi connectivity index (χ0n) is 13.5. The molecule has 1 heterocycles. The van der Waals surface area contributed by atoms with E-state index in [0.717, 1.165) is 5.57 Å². The molecule has 1 N–H and O–H groups in total. The number of rotatable bonds is 6. The number of ether oxygens (including phenoxy) is 4. The van der Waals surface area contributed by atoms with E-state index in [4.69, 9.17) is 18.9 Å². The van der Waals surface area contributed by atoms with Gasteiger partial charge < -0.3 is 24.1 Å². The van der Waals surface area contributed by atoms with E-state index in [1.807, 2.05) is 0 Å². The first kappa shape index (κ1) is 17.7. The van der Waals surface area contributed by atoms with Gasteiger partial charge in [0.05, 0.1) is 18.3 Å². The van der Waals surface area contributed by atoms with Crippen molar-refractivity contribution in [1.82, 2.24) is 0 Å². The van der Waals surface area contributed by atoms with Crippen LogP contribution in [0.3, 0.4) is 0 Å². The zero-order chi connectivity index (χ0) is 17.0. The highest BCUT2D eigenvalue weighted by Crippen LogP contribution is 2.41. The maximum atomic E-state index is 12.3. The molecule has 2 aliphatic rings. The van der Waals surface area contributed by atoms with Crippen molar-refractivity contribution in [3.63, 3.8) is 0 Å². The molecule has 0 fully saturated rings. The van der Waals surface area contributed by atoms with E-state index in [1.54, 1.807) is 19.9 Å². The molecular weight excluding hydrogens is 304 g/mol. The third-order valence-electron chi connectivity index (χ3n) is 4.06. The molecule has 2 rings (SSSR count). The van der Waals surface area contributed by atoms with Crippen LogP contribution in [0.5, 0.6) is 0 Å². The maximum absolute atomic E-state index is 12.3. The Balaban J connectivity index is 2.37. The summed E-state index contributed by atoms with van der Waals surface area (Å²) in [4.78, 5) is 24.2. The lowest BCUT2D eigenvalue weighted by atomic mass is 9.71. The van der Waals surface area contributed by atoms with Crippen LogP contribution >= 0.6 is 0 Å². The van der Waals surface area contributed by atoms with Crippen molar-refractivity contribution < 1.29 is 33.6 Å². The topological polar surface area (TPSA) is 91.3 Å². The minimum Gasteiger partial charge on any atom is -0.465 e. The van der Waals surface area contributed by atoms with Crippen LogP contribution in [0.25, 0.3) is 0 Å². The summed E-state index contributed by atoms with van der Waals surface area (Å²) in [6, 6.07) is 0. The summed E-state index contributed by atoms with van der Waals surface area (Å²) in [6.45, 7) is 3.79. The standard InChI is InChI=1S/C16H22O7/c1-4-21-15(18)12-7-10(2)13(23-9-20-3)8-16(12,19)11-5-6-22-14(11)17/h5,7,12-13,19H,4,6,8-9H2,1-3H3/t12-,13-,16+/m1/s1. The fourth-order valence-electron chi connectivity index (χ4n) is 2.91. The molecule has 0 saturated carbocycles. The van der Waals surface area contributed by atoms with Gasteiger partial charge in [0.1, 0.15) is 24.9 Å². The Morgan fingerprint density at radius 2 is 2.26 bits per heavy atom. The van der Waals surface area contributed by atoms with Crippen LogP contribution in [0.15, 0.2) is 23.3 Å². The Labute approximate surface area is 134 Å². The fraction of sp³-hybridized carbons (Fsp3) is 0.625. The van der Waals surface area contributed by atoms with Gasteiger partial charge >= 0.3 is 11.9 Å². The SMILES string of the molecule is CCOC(=O)[C@H]1C=C(C)[C@H](OCOC)C[C@]1(O)C1=CCOC1=O. The summed E-state index contributed by atoms with van der Waals surface area (Å²) in [6.07, 6.45) is 2.66. The minimum atomic E-state index is -1.72. The Hall–Kier alpha value is -1.70. The van der Waals surface area contributed by atoms with Crippen molar-refractivity contribution in [3.05, 3.63) is 23.3 Å². The predicted molar refractivity (Wildman–Crippen MR) is 79.2 cm³/mol. The number of carbonyl (C=O) groups is 2. The van der Waals surface area contributed by atoms with Crippen LogP contribution < -0.4 is 0 Å². The van der Waals surface area contributed by atoms with Gasteiger partial charge in [0, 0.05) is 13.5 Å². The van der Waals surface area contributed by atoms with E-state index >= 15 is 0 Å². The van der Waals surface area contributed by atoms with E-state index in [-0.39, 0.29) is 32.0 Å². The molecule has 0 bridgehead atoms. The molecular formula is C16H22O7. The lowest BCUT2D eigenvalue weighted by Gasteiger charge is -2.40. The molecule has 23 heavy (non-hydrogen) atoms. The largest absolute Gasteiger partial charge is 0.465 e. The number of aliphatic hydroxyl groups is 1. The van der Waals surface area contributed by atoms with Gasteiger partial charge in [0.2, 0.25) is 0 Å². The quantitative estimate of drug-likeness (QED) is 0.437. The molecule has 1 aliphatic heterocycles. The molecule has 1 aliphatic carbocycles. The van der Waals surface area contributed by atoms with Crippen LogP contribution in [0, 0.1) is 5.92 Å². The lowest BCUT2D eigenvalue weighted by molar-refractivity contribution is -0.158. The molecule has 0 aromatic heterocycles. The number of hydrogen-bond acceptors (Lipinski definition) is 7. The molecule has 0 amide bonds. The Kier molecular flexibility index (Phi) is 5.56. The highest BCUT2D eigenvalue weighted by atomic mass is 16.7. The van der Waals surface area contributed by atoms with Gasteiger partial charge in [-0.05, 0) is 25.5 Å². The van der Waals surface area contributed by atoms with Gasteiger partial charge in [0.25, 0.3) is 0 Å². The van der Waals surface area contributed by atoms with E-state index in [0.29, 0.717) is 0 Å². The fourth-order valence-corrected chi connectivity index (χ4v) is 2.91. The summed E-state index contributed by atoms with van der Waals surface area (Å²) < 4.78 is 20.4. The molecule has 0 aromatic carbocycles. The highest BCUT2D eigenvalue weighted by molar-refractivity contribution is 5.94. The van der Waals surface area contributed by atoms with E-state index in [9.17, 15) is 14.7 Å². The minimum absolute atomic E-state index is 0.0412. The van der Waals surface area contributed by atoms with Gasteiger partial charge in [-0.3, -0.25) is 4.79 Å². The summed E-state index contributed by atoms with van der Waals surface area (Å²) in [5.41, 5.74) is -0.875. The number of methoxy groups -OCH3 is 1. The molecule has 128 valence electrons. The summed E-state index contributed by atoms with van der Waals surface area (Å²) >= 11 is 0. The molecule has 0 saturated heterocycles. The highest BCUT2D eigenvalue weighted by Gasteiger charge is 2.52. The predicted octanol–water partition coefficient (Wildman–Crippen LogP) is 0.719. The van der Waals surface area contributed by atoms with Crippen molar-refractivity contribution >= 4 is 11.9 Å². The first-order valence-electron chi connectivity index (χ1n) is 7.49. The molecule has 0 spiro atoms. The second kappa shape index (κ2) is 7.25. The van der Waals surface area contributed by atoms with Gasteiger partial charge in [-0.25, -0.2) is 4.79 Å². The van der Waals surface area contributed by atoms with Crippen LogP contribution in [-0.4, -0.2) is 55.9 Å². The number of hydrogen-bond donors (Lipinski definition) is 1. The van der Waals surface area contributed by atoms with Gasteiger partial charge in [-0.2, -0.15) is 0 Å². The molecule has 0 unspecified atom stereocenters. The van der Waals surface area contributed by atoms with Crippen molar-refractivity contribution in [2.24, 2.45) is 5.92 Å². The van der Waals surface area contributed by atoms with E-state index in [2.05, 4.69) is 0 Å². The maximum Gasteiger partial charge on any atom is 0.337 e. The smallest absolute Gasteiger partial charge is 0.337 e. The summed E-state index contributed by atoms with van der Waals surface area (Å²) in [5.74, 6) is -2.19. The first-order valence-corrected chi connectivity index (χ1v) is 7.49. The Morgan fingerprint density at radius 1 is 1.52 bits per heavy atom. The summed E-state index contributed by atoms with van der Waals surface area (Å²) in [7, 11) is 1.49. The van der Waals surface area contributed by atoms with E-state index < -0.39 is 29.6 Å². The van der Waals surface area contributed by atoms with Crippen molar-refractivity contribution in [2.75, 3.05) is 27.1 Å². The molecule has 0 aromatic rings. The summed E-state index contributed by atoms with van der Waals surface area (Å²) in [5, 5.41) is 11.2. The van der Waals surface area contributed by atoms with Gasteiger partial charge in [0.15, 0.2) is 0 Å². The average molecular weight is 326 g/mol. The van der Waals surface area contributed by atoms with Crippen molar-refractivity contribution in [1.29, 1.82) is 0 Å². The third-order valence-corrected chi connectivity index (χ3v) is 4.06. The lowest BCUT2D eigenvalue weighted by Crippen LogP contribution is -2.51. The molecule has 3 atom stereocenters. The van der Waals surface area contributed by atoms with Gasteiger partial charge in [-0.15, -0.1) is 0 Å². The van der Waals surface area contributed by atoms with Gasteiger partial charge in [-0.1, -0.05) is 6.08 Å². The van der Waals surface area contributed by atoms with Crippen LogP contribution in [-0.2, 0) is 28.5 Å². The van der Waals surface area contributed by atoms with Crippen LogP contribution in [0.1, 0.15) is 20.3 Å². The zero-order valence-corrected chi connectivity index (χ0v) is 13.5. The number of esters is 2. The molecule has 0 radical (unpaired) electrons. The van der Waals surface area contributed by atoms with Crippen LogP contribution in [0.4, 0.5) is 0 Å². The third kappa shape index (κ3) is 3.46. The van der Waals surface area contributed by atoms with Crippen LogP contribution in [0.2, 0.25) is 0 Å². The first-order chi connectivity index (χ1) is 10.9. The van der Waals surface area contributed by atoms with Crippen molar-refractivity contribution in [3.8, 4) is 0 Å². The Bertz CT molecular complexity index is 537. The second-order valence-corrected chi connectivity index (χ2v) is 5.55. The van der Waals surface area contributed by atoms with Crippen molar-refractivity contribution in [2.45, 2.75) is 32.0 Å². The normalized spacial score (nSPS) is 30.5. The number of cyclic esters (lactones) is 1. The number of carbonyl (C=O) groups excluding carboxylic acids is 2. The Morgan fingerprint density at radius 3 is 2.83 bits per heavy atom. The molecule has 7 heteroatoms. The second-order valence-electron chi connectivity index (χ2n) is 5.55. The average Bonchev–Trinajstić information content (AvgIpc) is 2.95. The molecule has 7 nitrogen and oxygen atoms in total.